The molecule has 0 aliphatic carbocycles. The lowest BCUT2D eigenvalue weighted by Crippen LogP contribution is -2.14. The smallest absolute Gasteiger partial charge is 0.416 e. The molecule has 2 aromatic heterocycles. The highest BCUT2D eigenvalue weighted by Gasteiger charge is 2.33. The lowest BCUT2D eigenvalue weighted by Gasteiger charge is -2.17. The van der Waals surface area contributed by atoms with E-state index < -0.39 is 17.6 Å². The number of amides is 1. The summed E-state index contributed by atoms with van der Waals surface area (Å²) in [6.45, 7) is 6.37. The second kappa shape index (κ2) is 10.1. The first kappa shape index (κ1) is 25.7. The van der Waals surface area contributed by atoms with Gasteiger partial charge in [-0.15, -0.1) is 0 Å². The highest BCUT2D eigenvalue weighted by Crippen LogP contribution is 2.42. The van der Waals surface area contributed by atoms with Crippen LogP contribution in [-0.4, -0.2) is 35.1 Å². The number of aromatic nitrogens is 2. The summed E-state index contributed by atoms with van der Waals surface area (Å²) in [4.78, 5) is 18.5. The van der Waals surface area contributed by atoms with Crippen LogP contribution in [0.1, 0.15) is 36.7 Å². The molecule has 2 heterocycles. The monoisotopic (exact) mass is 543 g/mol. The zero-order valence-corrected chi connectivity index (χ0v) is 21.6. The first-order valence-electron chi connectivity index (χ1n) is 12.0. The number of imidazole rings is 1. The van der Waals surface area contributed by atoms with Gasteiger partial charge in [-0.25, -0.2) is 4.98 Å². The number of hydrogen-bond donors (Lipinski definition) is 1. The molecular weight excluding hydrogens is 519 g/mol. The van der Waals surface area contributed by atoms with Crippen molar-refractivity contribution in [2.24, 2.45) is 0 Å². The van der Waals surface area contributed by atoms with E-state index in [1.165, 1.54) is 23.5 Å². The van der Waals surface area contributed by atoms with E-state index in [0.717, 1.165) is 12.1 Å². The van der Waals surface area contributed by atoms with E-state index in [1.807, 2.05) is 13.0 Å². The lowest BCUT2D eigenvalue weighted by molar-refractivity contribution is -0.137. The second-order valence-electron chi connectivity index (χ2n) is 8.25. The number of carbonyl (C=O) groups is 1. The number of para-hydroxylation sites is 2. The molecule has 0 saturated carbocycles. The summed E-state index contributed by atoms with van der Waals surface area (Å²) in [5.74, 6) is 0.355. The molecule has 0 aliphatic rings. The Labute approximate surface area is 219 Å². The summed E-state index contributed by atoms with van der Waals surface area (Å²) in [5, 5.41) is 2.68. The van der Waals surface area contributed by atoms with Crippen molar-refractivity contribution >= 4 is 49.1 Å². The maximum Gasteiger partial charge on any atom is 0.416 e. The summed E-state index contributed by atoms with van der Waals surface area (Å²) in [7, 11) is 0. The third-order valence-electron chi connectivity index (χ3n) is 5.78. The Hall–Kier alpha value is -3.99. The van der Waals surface area contributed by atoms with E-state index in [9.17, 15) is 18.0 Å². The predicted octanol–water partition coefficient (Wildman–Crippen LogP) is 7.17. The Balaban J connectivity index is 1.64. The number of benzene rings is 3. The van der Waals surface area contributed by atoms with Crippen molar-refractivity contribution in [3.63, 3.8) is 0 Å². The number of halogens is 3. The summed E-state index contributed by atoms with van der Waals surface area (Å²) < 4.78 is 60.9. The Kier molecular flexibility index (Phi) is 6.78. The SMILES string of the molecule is CCOc1cc(C(=O)Nc2cc(C(F)(F)F)cc3c2sc2nc4ccccc4n23)cc(OCC)c1OCC. The average Bonchev–Trinajstić information content (AvgIpc) is 3.42. The van der Waals surface area contributed by atoms with Gasteiger partial charge in [-0.2, -0.15) is 13.2 Å². The first-order valence-corrected chi connectivity index (χ1v) is 12.9. The number of alkyl halides is 3. The number of thiazole rings is 1. The molecule has 11 heteroatoms. The van der Waals surface area contributed by atoms with Crippen LogP contribution < -0.4 is 19.5 Å². The van der Waals surface area contributed by atoms with Crippen LogP contribution in [0.3, 0.4) is 0 Å². The van der Waals surface area contributed by atoms with Crippen LogP contribution in [0.5, 0.6) is 17.2 Å². The number of nitrogens with zero attached hydrogens (tertiary/aromatic N) is 2. The number of carbonyl (C=O) groups excluding carboxylic acids is 1. The van der Waals surface area contributed by atoms with Crippen LogP contribution in [0.4, 0.5) is 18.9 Å². The fourth-order valence-electron chi connectivity index (χ4n) is 4.25. The van der Waals surface area contributed by atoms with Gasteiger partial charge in [0, 0.05) is 5.56 Å². The molecule has 0 fully saturated rings. The molecule has 0 atom stereocenters. The topological polar surface area (TPSA) is 74.1 Å². The van der Waals surface area contributed by atoms with Gasteiger partial charge >= 0.3 is 6.18 Å². The molecule has 3 aromatic carbocycles. The molecule has 0 bridgehead atoms. The Bertz CT molecular complexity index is 1630. The van der Waals surface area contributed by atoms with Gasteiger partial charge in [0.15, 0.2) is 16.5 Å². The van der Waals surface area contributed by atoms with Gasteiger partial charge in [-0.1, -0.05) is 23.5 Å². The van der Waals surface area contributed by atoms with Crippen LogP contribution in [0, 0.1) is 0 Å². The molecule has 0 radical (unpaired) electrons. The molecule has 38 heavy (non-hydrogen) atoms. The molecule has 0 aliphatic heterocycles. The molecule has 5 rings (SSSR count). The van der Waals surface area contributed by atoms with Gasteiger partial charge in [-0.3, -0.25) is 9.20 Å². The third kappa shape index (κ3) is 4.58. The van der Waals surface area contributed by atoms with E-state index in [-0.39, 0.29) is 11.3 Å². The van der Waals surface area contributed by atoms with Crippen molar-refractivity contribution in [2.75, 3.05) is 25.1 Å². The van der Waals surface area contributed by atoms with Gasteiger partial charge < -0.3 is 19.5 Å². The van der Waals surface area contributed by atoms with Gasteiger partial charge in [0.25, 0.3) is 5.91 Å². The molecule has 7 nitrogen and oxygen atoms in total. The summed E-state index contributed by atoms with van der Waals surface area (Å²) in [6.07, 6.45) is -4.62. The van der Waals surface area contributed by atoms with Crippen LogP contribution in [-0.2, 0) is 6.18 Å². The largest absolute Gasteiger partial charge is 0.490 e. The minimum atomic E-state index is -4.62. The van der Waals surface area contributed by atoms with Crippen LogP contribution in [0.25, 0.3) is 26.2 Å². The van der Waals surface area contributed by atoms with Crippen LogP contribution in [0.15, 0.2) is 48.5 Å². The standard InChI is InChI=1S/C27H24F3N3O4S/c1-4-35-21-11-15(12-22(36-5-2)23(21)37-6-3)25(34)31-18-13-16(27(28,29)30)14-20-24(18)38-26-32-17-9-7-8-10-19(17)33(20)26/h7-14H,4-6H2,1-3H3,(H,31,34). The highest BCUT2D eigenvalue weighted by molar-refractivity contribution is 7.24. The molecular formula is C27H24F3N3O4S. The van der Waals surface area contributed by atoms with Gasteiger partial charge in [0.05, 0.1) is 52.3 Å². The van der Waals surface area contributed by atoms with E-state index in [4.69, 9.17) is 14.2 Å². The lowest BCUT2D eigenvalue weighted by atomic mass is 10.1. The van der Waals surface area contributed by atoms with E-state index >= 15 is 0 Å². The Morgan fingerprint density at radius 3 is 2.24 bits per heavy atom. The van der Waals surface area contributed by atoms with Crippen molar-refractivity contribution in [1.29, 1.82) is 0 Å². The highest BCUT2D eigenvalue weighted by atomic mass is 32.1. The van der Waals surface area contributed by atoms with Gasteiger partial charge in [0.1, 0.15) is 0 Å². The first-order chi connectivity index (χ1) is 18.2. The molecule has 1 N–H and O–H groups in total. The minimum absolute atomic E-state index is 0.0317. The van der Waals surface area contributed by atoms with Crippen molar-refractivity contribution < 1.29 is 32.2 Å². The maximum atomic E-state index is 13.9. The molecule has 0 spiro atoms. The second-order valence-corrected chi connectivity index (χ2v) is 9.22. The molecule has 0 unspecified atom stereocenters. The fourth-order valence-corrected chi connectivity index (χ4v) is 5.34. The molecule has 198 valence electrons. The Morgan fingerprint density at radius 1 is 0.947 bits per heavy atom. The zero-order valence-electron chi connectivity index (χ0n) is 20.8. The van der Waals surface area contributed by atoms with Crippen molar-refractivity contribution in [3.8, 4) is 17.2 Å². The van der Waals surface area contributed by atoms with Crippen LogP contribution in [0.2, 0.25) is 0 Å². The predicted molar refractivity (Wildman–Crippen MR) is 141 cm³/mol. The Morgan fingerprint density at radius 2 is 1.61 bits per heavy atom. The maximum absolute atomic E-state index is 13.9. The minimum Gasteiger partial charge on any atom is -0.490 e. The normalized spacial score (nSPS) is 11.8. The fraction of sp³-hybridized carbons (Fsp3) is 0.259. The number of anilines is 1. The van der Waals surface area contributed by atoms with E-state index in [0.29, 0.717) is 63.3 Å². The third-order valence-corrected chi connectivity index (χ3v) is 6.87. The number of rotatable bonds is 8. The van der Waals surface area contributed by atoms with Gasteiger partial charge in [-0.05, 0) is 57.2 Å². The van der Waals surface area contributed by atoms with Crippen molar-refractivity contribution in [1.82, 2.24) is 9.38 Å². The number of fused-ring (bicyclic) bond motifs is 5. The number of ether oxygens (including phenoxy) is 3. The van der Waals surface area contributed by atoms with Gasteiger partial charge in [0.2, 0.25) is 5.75 Å². The zero-order chi connectivity index (χ0) is 27.0. The summed E-state index contributed by atoms with van der Waals surface area (Å²) in [6, 6.07) is 12.2. The van der Waals surface area contributed by atoms with Crippen molar-refractivity contribution in [2.45, 2.75) is 26.9 Å². The summed E-state index contributed by atoms with van der Waals surface area (Å²) in [5.41, 5.74) is 0.960. The molecule has 1 amide bonds. The number of hydrogen-bond acceptors (Lipinski definition) is 6. The van der Waals surface area contributed by atoms with E-state index in [1.54, 1.807) is 36.4 Å². The summed E-state index contributed by atoms with van der Waals surface area (Å²) >= 11 is 1.20. The quantitative estimate of drug-likeness (QED) is 0.225. The van der Waals surface area contributed by atoms with E-state index in [2.05, 4.69) is 10.3 Å². The molecule has 5 aromatic rings. The molecule has 0 saturated heterocycles. The average molecular weight is 544 g/mol. The van der Waals surface area contributed by atoms with Crippen molar-refractivity contribution in [3.05, 3.63) is 59.7 Å². The number of nitrogens with one attached hydrogen (secondary N) is 1. The van der Waals surface area contributed by atoms with Crippen LogP contribution >= 0.6 is 11.3 Å².